The summed E-state index contributed by atoms with van der Waals surface area (Å²) in [6.07, 6.45) is 4.36. The summed E-state index contributed by atoms with van der Waals surface area (Å²) in [5, 5.41) is 3.34. The first kappa shape index (κ1) is 22.1. The maximum Gasteiger partial charge on any atom is 0.225 e. The molecule has 2 heterocycles. The predicted molar refractivity (Wildman–Crippen MR) is 122 cm³/mol. The quantitative estimate of drug-likeness (QED) is 0.340. The number of hydrogen-bond acceptors (Lipinski definition) is 5. The van der Waals surface area contributed by atoms with E-state index in [1.807, 2.05) is 4.57 Å². The molecule has 2 aromatic heterocycles. The highest BCUT2D eigenvalue weighted by Crippen LogP contribution is 2.31. The molecule has 0 aliphatic rings. The Morgan fingerprint density at radius 3 is 2.66 bits per heavy atom. The van der Waals surface area contributed by atoms with Gasteiger partial charge in [0, 0.05) is 24.2 Å². The largest absolute Gasteiger partial charge is 0.350 e. The summed E-state index contributed by atoms with van der Waals surface area (Å²) in [6.45, 7) is 1.52. The smallest absolute Gasteiger partial charge is 0.225 e. The van der Waals surface area contributed by atoms with E-state index in [1.54, 1.807) is 30.5 Å². The summed E-state index contributed by atoms with van der Waals surface area (Å²) in [5.41, 5.74) is 7.97. The number of hydrogen-bond donors (Lipinski definition) is 2. The van der Waals surface area contributed by atoms with Crippen molar-refractivity contribution in [3.05, 3.63) is 70.9 Å². The van der Waals surface area contributed by atoms with Crippen LogP contribution in [-0.2, 0) is 13.1 Å². The highest BCUT2D eigenvalue weighted by Gasteiger charge is 2.17. The van der Waals surface area contributed by atoms with Crippen molar-refractivity contribution in [3.63, 3.8) is 0 Å². The number of benzene rings is 2. The van der Waals surface area contributed by atoms with E-state index in [0.29, 0.717) is 47.2 Å². The van der Waals surface area contributed by atoms with Gasteiger partial charge in [-0.1, -0.05) is 36.2 Å². The van der Waals surface area contributed by atoms with E-state index in [9.17, 15) is 8.78 Å². The fourth-order valence-corrected chi connectivity index (χ4v) is 3.75. The van der Waals surface area contributed by atoms with Crippen LogP contribution in [0.4, 0.5) is 14.7 Å². The molecule has 166 valence electrons. The Morgan fingerprint density at radius 2 is 1.88 bits per heavy atom. The van der Waals surface area contributed by atoms with Crippen LogP contribution in [0, 0.1) is 11.6 Å². The summed E-state index contributed by atoms with van der Waals surface area (Å²) in [7, 11) is 0. The molecule has 0 saturated heterocycles. The molecule has 32 heavy (non-hydrogen) atoms. The average molecular weight is 457 g/mol. The van der Waals surface area contributed by atoms with Gasteiger partial charge in [-0.25, -0.2) is 18.7 Å². The average Bonchev–Trinajstić information content (AvgIpc) is 3.13. The summed E-state index contributed by atoms with van der Waals surface area (Å²) < 4.78 is 29.5. The lowest BCUT2D eigenvalue weighted by atomic mass is 10.2. The lowest BCUT2D eigenvalue weighted by Gasteiger charge is -2.11. The zero-order valence-electron chi connectivity index (χ0n) is 17.4. The molecule has 0 atom stereocenters. The van der Waals surface area contributed by atoms with Gasteiger partial charge >= 0.3 is 0 Å². The molecule has 0 bridgehead atoms. The van der Waals surface area contributed by atoms with Gasteiger partial charge in [-0.15, -0.1) is 0 Å². The molecular formula is C23H23ClF2N6. The van der Waals surface area contributed by atoms with E-state index >= 15 is 0 Å². The van der Waals surface area contributed by atoms with Gasteiger partial charge < -0.3 is 15.6 Å². The first-order valence-electron chi connectivity index (χ1n) is 10.4. The summed E-state index contributed by atoms with van der Waals surface area (Å²) >= 11 is 6.32. The van der Waals surface area contributed by atoms with Gasteiger partial charge in [-0.3, -0.25) is 0 Å². The number of aromatic nitrogens is 4. The van der Waals surface area contributed by atoms with E-state index in [1.165, 1.54) is 18.2 Å². The second-order valence-electron chi connectivity index (χ2n) is 7.41. The topological polar surface area (TPSA) is 81.7 Å². The van der Waals surface area contributed by atoms with Gasteiger partial charge in [-0.2, -0.15) is 4.98 Å². The van der Waals surface area contributed by atoms with Crippen LogP contribution in [-0.4, -0.2) is 26.1 Å². The Bertz CT molecular complexity index is 1230. The first-order valence-corrected chi connectivity index (χ1v) is 10.8. The second-order valence-corrected chi connectivity index (χ2v) is 7.82. The minimum absolute atomic E-state index is 0.249. The summed E-state index contributed by atoms with van der Waals surface area (Å²) in [5.74, 6) is 0.252. The molecule has 0 radical (unpaired) electrons. The van der Waals surface area contributed by atoms with Crippen molar-refractivity contribution in [2.24, 2.45) is 5.73 Å². The van der Waals surface area contributed by atoms with Gasteiger partial charge in [0.05, 0.1) is 11.2 Å². The summed E-state index contributed by atoms with van der Waals surface area (Å²) in [4.78, 5) is 13.6. The Hall–Kier alpha value is -3.10. The maximum absolute atomic E-state index is 13.9. The van der Waals surface area contributed by atoms with Crippen molar-refractivity contribution < 1.29 is 8.78 Å². The number of nitrogens with two attached hydrogens (primary N) is 1. The number of aryl methyl sites for hydroxylation is 1. The molecule has 0 aliphatic carbocycles. The van der Waals surface area contributed by atoms with Crippen LogP contribution in [0.5, 0.6) is 0 Å². The van der Waals surface area contributed by atoms with Crippen LogP contribution in [0.15, 0.2) is 48.7 Å². The van der Waals surface area contributed by atoms with Crippen LogP contribution in [0.1, 0.15) is 24.8 Å². The maximum atomic E-state index is 13.9. The van der Waals surface area contributed by atoms with Crippen LogP contribution in [0.3, 0.4) is 0 Å². The molecule has 0 fully saturated rings. The number of imidazole rings is 1. The van der Waals surface area contributed by atoms with E-state index < -0.39 is 5.82 Å². The lowest BCUT2D eigenvalue weighted by Crippen LogP contribution is -2.07. The third-order valence-corrected chi connectivity index (χ3v) is 5.45. The number of fused-ring (bicyclic) bond motifs is 1. The first-order chi connectivity index (χ1) is 15.6. The zero-order valence-corrected chi connectivity index (χ0v) is 18.1. The predicted octanol–water partition coefficient (Wildman–Crippen LogP) is 5.17. The molecule has 0 aliphatic heterocycles. The van der Waals surface area contributed by atoms with Crippen LogP contribution >= 0.6 is 11.6 Å². The van der Waals surface area contributed by atoms with E-state index in [0.717, 1.165) is 19.3 Å². The number of anilines is 1. The standard InChI is InChI=1S/C23H23ClF2N6/c24-18-12-16(25)8-9-17(18)21-30-20-14-29-23(28-13-15-6-2-3-7-19(15)26)31-22(20)32(21)11-5-1-4-10-27/h2-3,6-9,12,14H,1,4-5,10-11,13,27H2,(H,28,29,31). The monoisotopic (exact) mass is 456 g/mol. The SMILES string of the molecule is NCCCCCn1c(-c2ccc(F)cc2Cl)nc2cnc(NCc3ccccc3F)nc21. The van der Waals surface area contributed by atoms with Crippen molar-refractivity contribution in [1.29, 1.82) is 0 Å². The number of nitrogens with one attached hydrogen (secondary N) is 1. The molecule has 3 N–H and O–H groups in total. The number of nitrogens with zero attached hydrogens (tertiary/aromatic N) is 4. The van der Waals surface area contributed by atoms with E-state index in [4.69, 9.17) is 17.3 Å². The van der Waals surface area contributed by atoms with Gasteiger partial charge in [0.2, 0.25) is 5.95 Å². The Balaban J connectivity index is 1.69. The molecule has 4 rings (SSSR count). The molecule has 0 amide bonds. The van der Waals surface area contributed by atoms with Crippen molar-refractivity contribution in [2.45, 2.75) is 32.4 Å². The molecule has 6 nitrogen and oxygen atoms in total. The van der Waals surface area contributed by atoms with E-state index in [2.05, 4.69) is 20.3 Å². The van der Waals surface area contributed by atoms with Gasteiger partial charge in [0.25, 0.3) is 0 Å². The van der Waals surface area contributed by atoms with Gasteiger partial charge in [-0.05, 0) is 43.7 Å². The van der Waals surface area contributed by atoms with Crippen molar-refractivity contribution in [3.8, 4) is 11.4 Å². The fraction of sp³-hybridized carbons (Fsp3) is 0.261. The van der Waals surface area contributed by atoms with E-state index in [-0.39, 0.29) is 17.4 Å². The molecule has 4 aromatic rings. The van der Waals surface area contributed by atoms with Crippen molar-refractivity contribution in [1.82, 2.24) is 19.5 Å². The number of halogens is 3. The zero-order chi connectivity index (χ0) is 22.5. The minimum Gasteiger partial charge on any atom is -0.350 e. The van der Waals surface area contributed by atoms with Crippen molar-refractivity contribution in [2.75, 3.05) is 11.9 Å². The molecule has 0 saturated carbocycles. The minimum atomic E-state index is -0.413. The Kier molecular flexibility index (Phi) is 6.92. The third kappa shape index (κ3) is 4.87. The molecule has 0 spiro atoms. The van der Waals surface area contributed by atoms with Gasteiger partial charge in [0.15, 0.2) is 5.65 Å². The number of rotatable bonds is 9. The summed E-state index contributed by atoms with van der Waals surface area (Å²) in [6, 6.07) is 10.8. The van der Waals surface area contributed by atoms with Crippen LogP contribution in [0.25, 0.3) is 22.6 Å². The van der Waals surface area contributed by atoms with Gasteiger partial charge in [0.1, 0.15) is 23.0 Å². The molecular weight excluding hydrogens is 434 g/mol. The lowest BCUT2D eigenvalue weighted by molar-refractivity contribution is 0.601. The highest BCUT2D eigenvalue weighted by atomic mass is 35.5. The Morgan fingerprint density at radius 1 is 1.03 bits per heavy atom. The third-order valence-electron chi connectivity index (χ3n) is 5.14. The second kappa shape index (κ2) is 10.0. The van der Waals surface area contributed by atoms with Crippen LogP contribution < -0.4 is 11.1 Å². The fourth-order valence-electron chi connectivity index (χ4n) is 3.50. The molecule has 2 aromatic carbocycles. The Labute approximate surface area is 189 Å². The number of unbranched alkanes of at least 4 members (excludes halogenated alkanes) is 2. The van der Waals surface area contributed by atoms with Crippen LogP contribution in [0.2, 0.25) is 5.02 Å². The molecule has 9 heteroatoms. The highest BCUT2D eigenvalue weighted by molar-refractivity contribution is 6.33. The molecule has 0 unspecified atom stereocenters. The normalized spacial score (nSPS) is 11.2. The van der Waals surface area contributed by atoms with Crippen molar-refractivity contribution >= 4 is 28.7 Å².